The van der Waals surface area contributed by atoms with Crippen LogP contribution < -0.4 is 5.32 Å². The lowest BCUT2D eigenvalue weighted by molar-refractivity contribution is 0.137. The van der Waals surface area contributed by atoms with Crippen molar-refractivity contribution >= 4 is 20.9 Å². The van der Waals surface area contributed by atoms with Gasteiger partial charge in [-0.15, -0.1) is 0 Å². The summed E-state index contributed by atoms with van der Waals surface area (Å²) in [4.78, 5) is 11.5. The minimum Gasteiger partial charge on any atom is -0.360 e. The first-order valence-corrected chi connectivity index (χ1v) is 13.4. The summed E-state index contributed by atoms with van der Waals surface area (Å²) in [5.74, 6) is 0.422. The largest absolute Gasteiger partial charge is 0.360 e. The summed E-state index contributed by atoms with van der Waals surface area (Å²) in [6, 6.07) is 12.2. The maximum absolute atomic E-state index is 12.2. The molecule has 6 nitrogen and oxygen atoms in total. The van der Waals surface area contributed by atoms with Crippen molar-refractivity contribution in [2.45, 2.75) is 55.5 Å². The number of nitrogens with zero attached hydrogens (tertiary/aromatic N) is 2. The Bertz CT molecular complexity index is 1250. The normalized spacial score (nSPS) is 23.9. The van der Waals surface area contributed by atoms with Crippen molar-refractivity contribution in [2.24, 2.45) is 0 Å². The number of hydrogen-bond donors (Lipinski definition) is 2. The van der Waals surface area contributed by atoms with E-state index in [-0.39, 0.29) is 5.54 Å². The molecule has 2 aliphatic heterocycles. The zero-order chi connectivity index (χ0) is 22.5. The molecule has 2 N–H and O–H groups in total. The van der Waals surface area contributed by atoms with E-state index in [0.717, 1.165) is 61.2 Å². The number of fused-ring (bicyclic) bond motifs is 3. The van der Waals surface area contributed by atoms with Crippen LogP contribution in [-0.4, -0.2) is 55.2 Å². The summed E-state index contributed by atoms with van der Waals surface area (Å²) in [7, 11) is -3.22. The number of benzene rings is 1. The number of aromatic nitrogens is 2. The lowest BCUT2D eigenvalue weighted by atomic mass is 9.91. The number of hydrogen-bond acceptors (Lipinski definition) is 5. The summed E-state index contributed by atoms with van der Waals surface area (Å²) in [5.41, 5.74) is 5.32. The van der Waals surface area contributed by atoms with E-state index < -0.39 is 9.84 Å². The van der Waals surface area contributed by atoms with Gasteiger partial charge in [0.1, 0.15) is 0 Å². The Balaban J connectivity index is 1.39. The van der Waals surface area contributed by atoms with Crippen LogP contribution in [0, 0.1) is 0 Å². The van der Waals surface area contributed by atoms with Gasteiger partial charge in [-0.2, -0.15) is 0 Å². The van der Waals surface area contributed by atoms with Crippen LogP contribution in [-0.2, 0) is 21.8 Å². The molecule has 7 heteroatoms. The summed E-state index contributed by atoms with van der Waals surface area (Å²) in [6.45, 7) is 7.14. The summed E-state index contributed by atoms with van der Waals surface area (Å²) in [6.07, 6.45) is 6.32. The third-order valence-electron chi connectivity index (χ3n) is 7.11. The molecule has 2 fully saturated rings. The molecule has 2 aliphatic rings. The van der Waals surface area contributed by atoms with Crippen LogP contribution in [0.15, 0.2) is 47.5 Å². The van der Waals surface area contributed by atoms with Gasteiger partial charge in [0.2, 0.25) is 0 Å². The molecule has 3 aromatic rings. The van der Waals surface area contributed by atoms with Crippen LogP contribution in [0.4, 0.5) is 0 Å². The van der Waals surface area contributed by atoms with Crippen molar-refractivity contribution in [1.82, 2.24) is 20.2 Å². The van der Waals surface area contributed by atoms with Crippen LogP contribution in [0.5, 0.6) is 0 Å². The molecule has 0 aliphatic carbocycles. The number of H-pyrrole nitrogens is 1. The van der Waals surface area contributed by atoms with Crippen LogP contribution in [0.1, 0.15) is 49.4 Å². The van der Waals surface area contributed by atoms with E-state index in [9.17, 15) is 8.42 Å². The standard InChI is InChI=1S/C25H32N4O2S/c1-17(2)20-14-26-21-8-9-23(27-24(20)21)25-12-10-19(28-25)15-29(16-25)13-11-18-6-4-5-7-22(18)32(3,30)31/h4-9,14,17,19,26,28H,10-13,15-16H2,1-3H3. The second-order valence-corrected chi connectivity index (χ2v) is 11.8. The summed E-state index contributed by atoms with van der Waals surface area (Å²) in [5, 5.41) is 3.88. The van der Waals surface area contributed by atoms with Crippen molar-refractivity contribution in [3.8, 4) is 0 Å². The van der Waals surface area contributed by atoms with E-state index in [4.69, 9.17) is 4.98 Å². The van der Waals surface area contributed by atoms with Gasteiger partial charge in [-0.05, 0) is 54.5 Å². The monoisotopic (exact) mass is 452 g/mol. The zero-order valence-electron chi connectivity index (χ0n) is 19.1. The van der Waals surface area contributed by atoms with Gasteiger partial charge in [0.25, 0.3) is 0 Å². The van der Waals surface area contributed by atoms with Gasteiger partial charge in [-0.25, -0.2) is 13.4 Å². The van der Waals surface area contributed by atoms with Crippen molar-refractivity contribution < 1.29 is 8.42 Å². The molecule has 2 unspecified atom stereocenters. The predicted molar refractivity (Wildman–Crippen MR) is 128 cm³/mol. The Kier molecular flexibility index (Phi) is 5.39. The van der Waals surface area contributed by atoms with Gasteiger partial charge in [-0.3, -0.25) is 4.90 Å². The van der Waals surface area contributed by atoms with Crippen molar-refractivity contribution in [1.29, 1.82) is 0 Å². The molecule has 2 atom stereocenters. The van der Waals surface area contributed by atoms with Gasteiger partial charge in [-0.1, -0.05) is 32.0 Å². The van der Waals surface area contributed by atoms with Crippen molar-refractivity contribution in [3.63, 3.8) is 0 Å². The number of piperazine rings is 1. The first-order valence-electron chi connectivity index (χ1n) is 11.5. The maximum Gasteiger partial charge on any atom is 0.175 e. The quantitative estimate of drug-likeness (QED) is 0.598. The third kappa shape index (κ3) is 3.87. The molecule has 1 aromatic carbocycles. The van der Waals surface area contributed by atoms with Gasteiger partial charge in [0.15, 0.2) is 9.84 Å². The minimum absolute atomic E-state index is 0.140. The fraction of sp³-hybridized carbons (Fsp3) is 0.480. The Labute approximate surface area is 190 Å². The third-order valence-corrected chi connectivity index (χ3v) is 8.30. The van der Waals surface area contributed by atoms with E-state index in [1.165, 1.54) is 11.8 Å². The van der Waals surface area contributed by atoms with E-state index in [0.29, 0.717) is 16.9 Å². The molecular weight excluding hydrogens is 420 g/mol. The zero-order valence-corrected chi connectivity index (χ0v) is 19.9. The number of rotatable bonds is 6. The Morgan fingerprint density at radius 3 is 2.81 bits per heavy atom. The highest BCUT2D eigenvalue weighted by Gasteiger charge is 2.46. The fourth-order valence-corrected chi connectivity index (χ4v) is 6.48. The first kappa shape index (κ1) is 21.6. The van der Waals surface area contributed by atoms with Crippen LogP contribution in [0.3, 0.4) is 0 Å². The summed E-state index contributed by atoms with van der Waals surface area (Å²) >= 11 is 0. The average molecular weight is 453 g/mol. The second kappa shape index (κ2) is 7.97. The topological polar surface area (TPSA) is 78.1 Å². The molecule has 4 heterocycles. The molecular formula is C25H32N4O2S. The Morgan fingerprint density at radius 2 is 2.03 bits per heavy atom. The molecule has 2 aromatic heterocycles. The highest BCUT2D eigenvalue weighted by atomic mass is 32.2. The predicted octanol–water partition coefficient (Wildman–Crippen LogP) is 3.60. The van der Waals surface area contributed by atoms with Crippen molar-refractivity contribution in [3.05, 3.63) is 59.4 Å². The molecule has 0 radical (unpaired) electrons. The van der Waals surface area contributed by atoms with Crippen LogP contribution >= 0.6 is 0 Å². The average Bonchev–Trinajstić information content (AvgIpc) is 3.32. The molecule has 2 bridgehead atoms. The van der Waals surface area contributed by atoms with Gasteiger partial charge in [0.05, 0.1) is 27.2 Å². The molecule has 5 rings (SSSR count). The second-order valence-electron chi connectivity index (χ2n) is 9.82. The van der Waals surface area contributed by atoms with E-state index >= 15 is 0 Å². The number of pyridine rings is 1. The van der Waals surface area contributed by atoms with E-state index in [2.05, 4.69) is 47.4 Å². The smallest absolute Gasteiger partial charge is 0.175 e. The molecule has 2 saturated heterocycles. The Hall–Kier alpha value is -2.22. The van der Waals surface area contributed by atoms with E-state index in [1.807, 2.05) is 12.1 Å². The van der Waals surface area contributed by atoms with Crippen molar-refractivity contribution in [2.75, 3.05) is 25.9 Å². The SMILES string of the molecule is CC(C)c1c[nH]c2ccc(C34CCC(CN(CCc5ccccc5S(C)(=O)=O)C3)N4)nc12. The highest BCUT2D eigenvalue weighted by Crippen LogP contribution is 2.38. The number of sulfone groups is 1. The fourth-order valence-electron chi connectivity index (χ4n) is 5.51. The molecule has 170 valence electrons. The maximum atomic E-state index is 12.2. The number of aromatic amines is 1. The van der Waals surface area contributed by atoms with E-state index in [1.54, 1.807) is 12.1 Å². The highest BCUT2D eigenvalue weighted by molar-refractivity contribution is 7.90. The Morgan fingerprint density at radius 1 is 1.22 bits per heavy atom. The molecule has 0 saturated carbocycles. The molecule has 32 heavy (non-hydrogen) atoms. The van der Waals surface area contributed by atoms with Crippen LogP contribution in [0.25, 0.3) is 11.0 Å². The van der Waals surface area contributed by atoms with Gasteiger partial charge in [0, 0.05) is 38.1 Å². The molecule has 0 amide bonds. The van der Waals surface area contributed by atoms with Crippen LogP contribution in [0.2, 0.25) is 0 Å². The number of nitrogens with one attached hydrogen (secondary N) is 2. The lowest BCUT2D eigenvalue weighted by Gasteiger charge is -2.41. The minimum atomic E-state index is -3.22. The van der Waals surface area contributed by atoms with Gasteiger partial charge >= 0.3 is 0 Å². The lowest BCUT2D eigenvalue weighted by Crippen LogP contribution is -2.58. The molecule has 0 spiro atoms. The first-order chi connectivity index (χ1) is 15.2. The summed E-state index contributed by atoms with van der Waals surface area (Å²) < 4.78 is 24.4. The van der Waals surface area contributed by atoms with Gasteiger partial charge < -0.3 is 10.3 Å². The number of likely N-dealkylation sites (tertiary alicyclic amines) is 1.